The maximum atomic E-state index is 4.60. The van der Waals surface area contributed by atoms with Gasteiger partial charge in [0.25, 0.3) is 0 Å². The molecule has 3 rings (SSSR count). The van der Waals surface area contributed by atoms with E-state index in [0.29, 0.717) is 6.04 Å². The SMILES string of the molecule is Cc1cnc(CNCCCCN[C@H]2CCCc3cccnc32)c(C)c1. The Bertz CT molecular complexity index is 683. The van der Waals surface area contributed by atoms with Gasteiger partial charge >= 0.3 is 0 Å². The number of unbranched alkanes of at least 4 members (excludes halogenated alkanes) is 1. The predicted molar refractivity (Wildman–Crippen MR) is 103 cm³/mol. The maximum Gasteiger partial charge on any atom is 0.0605 e. The van der Waals surface area contributed by atoms with Gasteiger partial charge in [-0.25, -0.2) is 0 Å². The van der Waals surface area contributed by atoms with Crippen LogP contribution in [0.5, 0.6) is 0 Å². The van der Waals surface area contributed by atoms with Gasteiger partial charge < -0.3 is 10.6 Å². The summed E-state index contributed by atoms with van der Waals surface area (Å²) in [6, 6.07) is 6.92. The lowest BCUT2D eigenvalue weighted by molar-refractivity contribution is 0.439. The zero-order chi connectivity index (χ0) is 17.5. The first-order chi connectivity index (χ1) is 12.2. The number of fused-ring (bicyclic) bond motifs is 1. The quantitative estimate of drug-likeness (QED) is 0.722. The van der Waals surface area contributed by atoms with Gasteiger partial charge in [0.1, 0.15) is 0 Å². The molecule has 0 aliphatic heterocycles. The molecule has 2 aromatic rings. The average molecular weight is 338 g/mol. The molecule has 0 radical (unpaired) electrons. The van der Waals surface area contributed by atoms with E-state index in [1.807, 2.05) is 12.4 Å². The normalized spacial score (nSPS) is 16.6. The van der Waals surface area contributed by atoms with Crippen LogP contribution < -0.4 is 10.6 Å². The van der Waals surface area contributed by atoms with Gasteiger partial charge in [-0.2, -0.15) is 0 Å². The van der Waals surface area contributed by atoms with Crippen molar-refractivity contribution < 1.29 is 0 Å². The molecule has 0 saturated heterocycles. The number of hydrogen-bond acceptors (Lipinski definition) is 4. The molecule has 1 aliphatic carbocycles. The van der Waals surface area contributed by atoms with Crippen LogP contribution >= 0.6 is 0 Å². The Kier molecular flexibility index (Phi) is 6.54. The van der Waals surface area contributed by atoms with Crippen molar-refractivity contribution in [3.8, 4) is 0 Å². The number of nitrogens with zero attached hydrogens (tertiary/aromatic N) is 2. The minimum Gasteiger partial charge on any atom is -0.311 e. The number of rotatable bonds is 8. The van der Waals surface area contributed by atoms with Crippen LogP contribution in [0.25, 0.3) is 0 Å². The lowest BCUT2D eigenvalue weighted by atomic mass is 9.92. The van der Waals surface area contributed by atoms with Gasteiger partial charge in [0.2, 0.25) is 0 Å². The van der Waals surface area contributed by atoms with Crippen LogP contribution in [-0.4, -0.2) is 23.1 Å². The lowest BCUT2D eigenvalue weighted by Crippen LogP contribution is -2.27. The maximum absolute atomic E-state index is 4.60. The topological polar surface area (TPSA) is 49.8 Å². The number of aryl methyl sites for hydroxylation is 3. The van der Waals surface area contributed by atoms with Crippen LogP contribution in [0.15, 0.2) is 30.6 Å². The van der Waals surface area contributed by atoms with E-state index in [1.165, 1.54) is 54.5 Å². The molecule has 1 atom stereocenters. The van der Waals surface area contributed by atoms with E-state index in [4.69, 9.17) is 0 Å². The first kappa shape index (κ1) is 18.0. The number of pyridine rings is 2. The summed E-state index contributed by atoms with van der Waals surface area (Å²) >= 11 is 0. The monoisotopic (exact) mass is 338 g/mol. The highest BCUT2D eigenvalue weighted by Crippen LogP contribution is 2.27. The van der Waals surface area contributed by atoms with Gasteiger partial charge in [-0.1, -0.05) is 12.1 Å². The van der Waals surface area contributed by atoms with Crippen molar-refractivity contribution in [1.29, 1.82) is 0 Å². The highest BCUT2D eigenvalue weighted by molar-refractivity contribution is 5.25. The fourth-order valence-corrected chi connectivity index (χ4v) is 3.59. The molecule has 0 amide bonds. The van der Waals surface area contributed by atoms with Crippen molar-refractivity contribution in [2.45, 2.75) is 58.5 Å². The number of aromatic nitrogens is 2. The average Bonchev–Trinajstić information content (AvgIpc) is 2.62. The molecule has 1 aliphatic rings. The zero-order valence-corrected chi connectivity index (χ0v) is 15.5. The fourth-order valence-electron chi connectivity index (χ4n) is 3.59. The third kappa shape index (κ3) is 5.10. The van der Waals surface area contributed by atoms with Gasteiger partial charge in [0, 0.05) is 25.0 Å². The molecular weight excluding hydrogens is 308 g/mol. The molecule has 0 aromatic carbocycles. The molecule has 4 nitrogen and oxygen atoms in total. The molecule has 134 valence electrons. The predicted octanol–water partition coefficient (Wildman–Crippen LogP) is 3.63. The Morgan fingerprint density at radius 2 is 2.04 bits per heavy atom. The van der Waals surface area contributed by atoms with E-state index >= 15 is 0 Å². The van der Waals surface area contributed by atoms with Crippen molar-refractivity contribution in [3.63, 3.8) is 0 Å². The Morgan fingerprint density at radius 3 is 2.92 bits per heavy atom. The molecule has 2 heterocycles. The summed E-state index contributed by atoms with van der Waals surface area (Å²) in [5, 5.41) is 7.21. The first-order valence-corrected chi connectivity index (χ1v) is 9.54. The minimum atomic E-state index is 0.442. The van der Waals surface area contributed by atoms with Gasteiger partial charge in [0.05, 0.1) is 11.4 Å². The van der Waals surface area contributed by atoms with Crippen molar-refractivity contribution >= 4 is 0 Å². The van der Waals surface area contributed by atoms with Crippen molar-refractivity contribution in [2.24, 2.45) is 0 Å². The molecule has 0 fully saturated rings. The molecule has 0 spiro atoms. The Hall–Kier alpha value is -1.78. The molecular formula is C21H30N4. The minimum absolute atomic E-state index is 0.442. The van der Waals surface area contributed by atoms with E-state index in [0.717, 1.165) is 25.3 Å². The van der Waals surface area contributed by atoms with Gasteiger partial charge in [-0.15, -0.1) is 0 Å². The molecule has 2 N–H and O–H groups in total. The van der Waals surface area contributed by atoms with Crippen LogP contribution in [-0.2, 0) is 13.0 Å². The third-order valence-electron chi connectivity index (χ3n) is 4.98. The van der Waals surface area contributed by atoms with Crippen molar-refractivity contribution in [2.75, 3.05) is 13.1 Å². The zero-order valence-electron chi connectivity index (χ0n) is 15.5. The Labute approximate surface area is 151 Å². The molecule has 0 saturated carbocycles. The molecule has 2 aromatic heterocycles. The van der Waals surface area contributed by atoms with Crippen LogP contribution in [0.2, 0.25) is 0 Å². The number of nitrogens with one attached hydrogen (secondary N) is 2. The van der Waals surface area contributed by atoms with Crippen molar-refractivity contribution in [1.82, 2.24) is 20.6 Å². The summed E-state index contributed by atoms with van der Waals surface area (Å²) in [5.41, 5.74) is 6.36. The summed E-state index contributed by atoms with van der Waals surface area (Å²) in [6.45, 7) is 7.18. The lowest BCUT2D eigenvalue weighted by Gasteiger charge is -2.25. The van der Waals surface area contributed by atoms with Gasteiger partial charge in [0.15, 0.2) is 0 Å². The number of hydrogen-bond donors (Lipinski definition) is 2. The highest BCUT2D eigenvalue weighted by atomic mass is 14.9. The second-order valence-corrected chi connectivity index (χ2v) is 7.11. The molecule has 25 heavy (non-hydrogen) atoms. The van der Waals surface area contributed by atoms with Crippen molar-refractivity contribution in [3.05, 3.63) is 58.7 Å². The summed E-state index contributed by atoms with van der Waals surface area (Å²) in [7, 11) is 0. The van der Waals surface area contributed by atoms with E-state index in [1.54, 1.807) is 0 Å². The molecule has 0 bridgehead atoms. The fraction of sp³-hybridized carbons (Fsp3) is 0.524. The smallest absolute Gasteiger partial charge is 0.0605 e. The van der Waals surface area contributed by atoms with E-state index in [9.17, 15) is 0 Å². The Balaban J connectivity index is 1.32. The highest BCUT2D eigenvalue weighted by Gasteiger charge is 2.20. The second kappa shape index (κ2) is 9.07. The Morgan fingerprint density at radius 1 is 1.16 bits per heavy atom. The summed E-state index contributed by atoms with van der Waals surface area (Å²) in [4.78, 5) is 9.11. The van der Waals surface area contributed by atoms with Crippen LogP contribution in [0.3, 0.4) is 0 Å². The standard InChI is InChI=1S/C21H30N4/c1-16-13-17(2)20(25-14-16)15-22-10-3-4-11-23-19-9-5-7-18-8-6-12-24-21(18)19/h6,8,12-14,19,22-23H,3-5,7,9-11,15H2,1-2H3/t19-/m0/s1. The van der Waals surface area contributed by atoms with Crippen LogP contribution in [0.1, 0.15) is 59.8 Å². The van der Waals surface area contributed by atoms with Crippen LogP contribution in [0.4, 0.5) is 0 Å². The first-order valence-electron chi connectivity index (χ1n) is 9.54. The summed E-state index contributed by atoms with van der Waals surface area (Å²) in [5.74, 6) is 0. The largest absolute Gasteiger partial charge is 0.311 e. The summed E-state index contributed by atoms with van der Waals surface area (Å²) < 4.78 is 0. The second-order valence-electron chi connectivity index (χ2n) is 7.11. The van der Waals surface area contributed by atoms with Gasteiger partial charge in [-0.05, 0) is 81.8 Å². The van der Waals surface area contributed by atoms with Gasteiger partial charge in [-0.3, -0.25) is 9.97 Å². The molecule has 0 unspecified atom stereocenters. The molecule has 4 heteroatoms. The third-order valence-corrected chi connectivity index (χ3v) is 4.98. The van der Waals surface area contributed by atoms with E-state index in [2.05, 4.69) is 52.6 Å². The van der Waals surface area contributed by atoms with E-state index < -0.39 is 0 Å². The summed E-state index contributed by atoms with van der Waals surface area (Å²) in [6.07, 6.45) is 9.89. The van der Waals surface area contributed by atoms with Crippen LogP contribution in [0, 0.1) is 13.8 Å². The van der Waals surface area contributed by atoms with E-state index in [-0.39, 0.29) is 0 Å².